The Labute approximate surface area is 143 Å². The van der Waals surface area contributed by atoms with Crippen molar-refractivity contribution in [2.75, 3.05) is 11.1 Å². The number of nitrogens with zero attached hydrogens (tertiary/aromatic N) is 2. The van der Waals surface area contributed by atoms with Crippen LogP contribution in [0.2, 0.25) is 0 Å². The van der Waals surface area contributed by atoms with Gasteiger partial charge in [-0.1, -0.05) is 67.3 Å². The Kier molecular flexibility index (Phi) is 7.21. The zero-order chi connectivity index (χ0) is 15.8. The fraction of sp³-hybridized carbons (Fsp3) is 0.400. The van der Waals surface area contributed by atoms with Gasteiger partial charge in [0.05, 0.1) is 5.75 Å². The molecule has 1 N–H and O–H groups in total. The number of carbonyl (C=O) groups excluding carboxylic acids is 1. The zero-order valence-electron chi connectivity index (χ0n) is 12.6. The molecule has 0 radical (unpaired) electrons. The van der Waals surface area contributed by atoms with Gasteiger partial charge in [-0.2, -0.15) is 0 Å². The van der Waals surface area contributed by atoms with Crippen molar-refractivity contribution in [3.63, 3.8) is 0 Å². The SMILES string of the molecule is CCC(C)Sc1nnc(NC(=O)CSCc2ccccc2)s1. The molecule has 0 aliphatic rings. The van der Waals surface area contributed by atoms with Gasteiger partial charge in [0.15, 0.2) is 4.34 Å². The molecule has 0 saturated carbocycles. The van der Waals surface area contributed by atoms with Crippen molar-refractivity contribution in [2.45, 2.75) is 35.6 Å². The lowest BCUT2D eigenvalue weighted by atomic mass is 10.2. The average Bonchev–Trinajstić information content (AvgIpc) is 2.95. The molecule has 1 amide bonds. The lowest BCUT2D eigenvalue weighted by molar-refractivity contribution is -0.113. The first-order valence-corrected chi connectivity index (χ1v) is 9.94. The summed E-state index contributed by atoms with van der Waals surface area (Å²) in [5.41, 5.74) is 1.23. The summed E-state index contributed by atoms with van der Waals surface area (Å²) >= 11 is 4.72. The van der Waals surface area contributed by atoms with Crippen LogP contribution >= 0.6 is 34.9 Å². The van der Waals surface area contributed by atoms with Gasteiger partial charge >= 0.3 is 0 Å². The van der Waals surface area contributed by atoms with Crippen molar-refractivity contribution in [1.29, 1.82) is 0 Å². The number of nitrogens with one attached hydrogen (secondary N) is 1. The molecule has 0 aliphatic heterocycles. The second kappa shape index (κ2) is 9.17. The maximum Gasteiger partial charge on any atom is 0.236 e. The van der Waals surface area contributed by atoms with Crippen LogP contribution in [-0.4, -0.2) is 27.1 Å². The van der Waals surface area contributed by atoms with Crippen LogP contribution in [-0.2, 0) is 10.5 Å². The van der Waals surface area contributed by atoms with Crippen LogP contribution in [0.15, 0.2) is 34.7 Å². The maximum atomic E-state index is 11.9. The largest absolute Gasteiger partial charge is 0.300 e. The summed E-state index contributed by atoms with van der Waals surface area (Å²) in [6.07, 6.45) is 1.09. The Bertz CT molecular complexity index is 589. The summed E-state index contributed by atoms with van der Waals surface area (Å²) in [5.74, 6) is 1.22. The van der Waals surface area contributed by atoms with Gasteiger partial charge in [0.2, 0.25) is 11.0 Å². The molecule has 2 aromatic rings. The van der Waals surface area contributed by atoms with Gasteiger partial charge in [-0.25, -0.2) is 0 Å². The summed E-state index contributed by atoms with van der Waals surface area (Å²) in [7, 11) is 0. The van der Waals surface area contributed by atoms with E-state index in [0.717, 1.165) is 16.5 Å². The molecule has 2 rings (SSSR count). The van der Waals surface area contributed by atoms with Crippen molar-refractivity contribution < 1.29 is 4.79 Å². The number of anilines is 1. The second-order valence-corrected chi connectivity index (χ2v) is 8.39. The van der Waals surface area contributed by atoms with E-state index in [1.807, 2.05) is 18.2 Å². The Morgan fingerprint density at radius 3 is 2.82 bits per heavy atom. The van der Waals surface area contributed by atoms with Gasteiger partial charge in [0.1, 0.15) is 0 Å². The Balaban J connectivity index is 1.73. The van der Waals surface area contributed by atoms with E-state index in [1.54, 1.807) is 23.5 Å². The van der Waals surface area contributed by atoms with E-state index in [9.17, 15) is 4.79 Å². The summed E-state index contributed by atoms with van der Waals surface area (Å²) in [6.45, 7) is 4.30. The predicted molar refractivity (Wildman–Crippen MR) is 96.8 cm³/mol. The molecule has 0 spiro atoms. The highest BCUT2D eigenvalue weighted by molar-refractivity contribution is 8.01. The van der Waals surface area contributed by atoms with Crippen LogP contribution in [0.4, 0.5) is 5.13 Å². The predicted octanol–water partition coefficient (Wildman–Crippen LogP) is 4.30. The van der Waals surface area contributed by atoms with Gasteiger partial charge in [-0.15, -0.1) is 22.0 Å². The first kappa shape index (κ1) is 17.3. The van der Waals surface area contributed by atoms with Gasteiger partial charge < -0.3 is 0 Å². The highest BCUT2D eigenvalue weighted by Crippen LogP contribution is 2.29. The van der Waals surface area contributed by atoms with Crippen molar-refractivity contribution >= 4 is 45.9 Å². The molecule has 1 atom stereocenters. The second-order valence-electron chi connectivity index (χ2n) is 4.74. The van der Waals surface area contributed by atoms with Crippen molar-refractivity contribution in [1.82, 2.24) is 10.2 Å². The molecule has 22 heavy (non-hydrogen) atoms. The number of aromatic nitrogens is 2. The van der Waals surface area contributed by atoms with Crippen LogP contribution in [0.1, 0.15) is 25.8 Å². The Morgan fingerprint density at radius 2 is 2.09 bits per heavy atom. The molecule has 0 fully saturated rings. The number of thioether (sulfide) groups is 2. The van der Waals surface area contributed by atoms with Crippen LogP contribution in [0.5, 0.6) is 0 Å². The minimum atomic E-state index is -0.0304. The maximum absolute atomic E-state index is 11.9. The van der Waals surface area contributed by atoms with Crippen molar-refractivity contribution in [2.24, 2.45) is 0 Å². The zero-order valence-corrected chi connectivity index (χ0v) is 15.1. The standard InChI is InChI=1S/C15H19N3OS3/c1-3-11(2)21-15-18-17-14(22-15)16-13(19)10-20-9-12-7-5-4-6-8-12/h4-8,11H,3,9-10H2,1-2H3,(H,16,17,19). The molecule has 7 heteroatoms. The number of hydrogen-bond acceptors (Lipinski definition) is 6. The van der Waals surface area contributed by atoms with E-state index in [2.05, 4.69) is 41.5 Å². The Hall–Kier alpha value is -1.05. The molecule has 118 valence electrons. The summed E-state index contributed by atoms with van der Waals surface area (Å²) in [6, 6.07) is 10.1. The first-order valence-electron chi connectivity index (χ1n) is 7.09. The third-order valence-corrected chi connectivity index (χ3v) is 6.07. The highest BCUT2D eigenvalue weighted by Gasteiger charge is 2.10. The minimum Gasteiger partial charge on any atom is -0.300 e. The molecule has 0 saturated heterocycles. The Morgan fingerprint density at radius 1 is 1.32 bits per heavy atom. The van der Waals surface area contributed by atoms with E-state index >= 15 is 0 Å². The normalized spacial score (nSPS) is 12.1. The number of carbonyl (C=O) groups is 1. The van der Waals surface area contributed by atoms with Crippen LogP contribution in [0.3, 0.4) is 0 Å². The third-order valence-electron chi connectivity index (χ3n) is 2.87. The minimum absolute atomic E-state index is 0.0304. The average molecular weight is 354 g/mol. The first-order chi connectivity index (χ1) is 10.7. The lowest BCUT2D eigenvalue weighted by Gasteiger charge is -2.03. The molecule has 1 aromatic heterocycles. The van der Waals surface area contributed by atoms with Crippen LogP contribution < -0.4 is 5.32 Å². The van der Waals surface area contributed by atoms with Gasteiger partial charge in [0.25, 0.3) is 0 Å². The van der Waals surface area contributed by atoms with Crippen LogP contribution in [0, 0.1) is 0 Å². The van der Waals surface area contributed by atoms with Gasteiger partial charge in [0, 0.05) is 11.0 Å². The molecular formula is C15H19N3OS3. The number of rotatable bonds is 8. The number of amides is 1. The molecule has 0 aliphatic carbocycles. The fourth-order valence-electron chi connectivity index (χ4n) is 1.55. The van der Waals surface area contributed by atoms with Gasteiger partial charge in [-0.3, -0.25) is 10.1 Å². The topological polar surface area (TPSA) is 54.9 Å². The van der Waals surface area contributed by atoms with E-state index in [1.165, 1.54) is 16.9 Å². The third kappa shape index (κ3) is 5.98. The van der Waals surface area contributed by atoms with E-state index in [-0.39, 0.29) is 5.91 Å². The number of hydrogen-bond donors (Lipinski definition) is 1. The smallest absolute Gasteiger partial charge is 0.236 e. The molecule has 4 nitrogen and oxygen atoms in total. The summed E-state index contributed by atoms with van der Waals surface area (Å²) in [4.78, 5) is 11.9. The van der Waals surface area contributed by atoms with E-state index < -0.39 is 0 Å². The van der Waals surface area contributed by atoms with E-state index in [4.69, 9.17) is 0 Å². The van der Waals surface area contributed by atoms with Crippen LogP contribution in [0.25, 0.3) is 0 Å². The lowest BCUT2D eigenvalue weighted by Crippen LogP contribution is -2.13. The van der Waals surface area contributed by atoms with Gasteiger partial charge in [-0.05, 0) is 12.0 Å². The highest BCUT2D eigenvalue weighted by atomic mass is 32.2. The molecule has 0 bridgehead atoms. The summed E-state index contributed by atoms with van der Waals surface area (Å²) in [5, 5.41) is 12.0. The monoisotopic (exact) mass is 353 g/mol. The van der Waals surface area contributed by atoms with E-state index in [0.29, 0.717) is 16.1 Å². The number of benzene rings is 1. The van der Waals surface area contributed by atoms with Crippen molar-refractivity contribution in [3.8, 4) is 0 Å². The quantitative estimate of drug-likeness (QED) is 0.566. The fourth-order valence-corrected chi connectivity index (χ4v) is 4.36. The molecular weight excluding hydrogens is 334 g/mol. The van der Waals surface area contributed by atoms with Crippen molar-refractivity contribution in [3.05, 3.63) is 35.9 Å². The molecule has 1 heterocycles. The molecule has 1 unspecified atom stereocenters. The molecule has 1 aromatic carbocycles. The summed E-state index contributed by atoms with van der Waals surface area (Å²) < 4.78 is 0.904.